The highest BCUT2D eigenvalue weighted by Gasteiger charge is 2.63. The van der Waals surface area contributed by atoms with Gasteiger partial charge >= 0.3 is 0 Å². The monoisotopic (exact) mass is 426 g/mol. The molecule has 4 aliphatic carbocycles. The molecule has 0 saturated heterocycles. The molecule has 0 radical (unpaired) electrons. The average molecular weight is 427 g/mol. The minimum Gasteiger partial charge on any atom is -0.393 e. The molecule has 0 heterocycles. The summed E-state index contributed by atoms with van der Waals surface area (Å²) in [6.07, 6.45) is 15.2. The molecular weight excluding hydrogens is 376 g/mol. The predicted octanol–water partition coefficient (Wildman–Crippen LogP) is 8.48. The van der Waals surface area contributed by atoms with Gasteiger partial charge in [0.1, 0.15) is 0 Å². The lowest BCUT2D eigenvalue weighted by molar-refractivity contribution is -0.0962. The van der Waals surface area contributed by atoms with E-state index in [9.17, 15) is 5.11 Å². The van der Waals surface area contributed by atoms with Gasteiger partial charge in [0.25, 0.3) is 0 Å². The predicted molar refractivity (Wildman–Crippen MR) is 133 cm³/mol. The van der Waals surface area contributed by atoms with Crippen molar-refractivity contribution in [2.24, 2.45) is 39.4 Å². The van der Waals surface area contributed by atoms with Crippen molar-refractivity contribution in [1.29, 1.82) is 0 Å². The van der Waals surface area contributed by atoms with Crippen LogP contribution in [0, 0.1) is 39.4 Å². The highest BCUT2D eigenvalue weighted by atomic mass is 16.3. The van der Waals surface area contributed by atoms with Crippen molar-refractivity contribution in [2.75, 3.05) is 0 Å². The van der Waals surface area contributed by atoms with Crippen LogP contribution < -0.4 is 0 Å². The van der Waals surface area contributed by atoms with E-state index < -0.39 is 0 Å². The van der Waals surface area contributed by atoms with Crippen LogP contribution in [0.15, 0.2) is 22.8 Å². The van der Waals surface area contributed by atoms with Gasteiger partial charge in [0, 0.05) is 0 Å². The minimum absolute atomic E-state index is 0.0465. The van der Waals surface area contributed by atoms with Crippen LogP contribution in [-0.4, -0.2) is 11.2 Å². The fourth-order valence-corrected chi connectivity index (χ4v) is 9.47. The largest absolute Gasteiger partial charge is 0.393 e. The molecule has 7 atom stereocenters. The molecule has 1 nitrogen and oxygen atoms in total. The fourth-order valence-electron chi connectivity index (χ4n) is 9.47. The third-order valence-corrected chi connectivity index (χ3v) is 11.7. The maximum absolute atomic E-state index is 10.8. The number of hydrogen-bond donors (Lipinski definition) is 1. The molecule has 0 aliphatic heterocycles. The van der Waals surface area contributed by atoms with E-state index in [4.69, 9.17) is 0 Å². The molecule has 4 aliphatic rings. The maximum atomic E-state index is 10.8. The number of aliphatic hydroxyl groups is 1. The third-order valence-electron chi connectivity index (χ3n) is 11.7. The molecule has 2 saturated carbocycles. The lowest BCUT2D eigenvalue weighted by Crippen LogP contribution is -2.55. The Kier molecular flexibility index (Phi) is 5.90. The van der Waals surface area contributed by atoms with Gasteiger partial charge in [-0.25, -0.2) is 0 Å². The van der Waals surface area contributed by atoms with Gasteiger partial charge in [0.05, 0.1) is 6.10 Å². The number of allylic oxidation sites excluding steroid dienone is 4. The van der Waals surface area contributed by atoms with Gasteiger partial charge in [-0.15, -0.1) is 0 Å². The number of hydrogen-bond acceptors (Lipinski definition) is 1. The zero-order valence-electron chi connectivity index (χ0n) is 21.9. The Morgan fingerprint density at radius 1 is 0.968 bits per heavy atom. The summed E-state index contributed by atoms with van der Waals surface area (Å²) < 4.78 is 0. The van der Waals surface area contributed by atoms with Gasteiger partial charge < -0.3 is 5.11 Å². The first-order chi connectivity index (χ1) is 14.4. The Balaban J connectivity index is 1.65. The zero-order chi connectivity index (χ0) is 22.8. The van der Waals surface area contributed by atoms with E-state index in [0.29, 0.717) is 22.2 Å². The second kappa shape index (κ2) is 7.75. The lowest BCUT2D eigenvalue weighted by atomic mass is 9.43. The van der Waals surface area contributed by atoms with E-state index >= 15 is 0 Å². The van der Waals surface area contributed by atoms with Crippen molar-refractivity contribution in [3.05, 3.63) is 22.8 Å². The Hall–Kier alpha value is -0.560. The van der Waals surface area contributed by atoms with Crippen LogP contribution in [0.3, 0.4) is 0 Å². The van der Waals surface area contributed by atoms with Gasteiger partial charge in [-0.05, 0) is 117 Å². The SMILES string of the molecule is CC(C)=CCC[C@@H](C)[C@@H]1CC[C@@]2(C)C3=C(CC[C@]12C)[C@@]1(C)CC[C@@H](O)C(C)(C)[C@H]1CC3. The molecule has 0 aromatic carbocycles. The molecule has 0 aromatic rings. The highest BCUT2D eigenvalue weighted by Crippen LogP contribution is 2.72. The summed E-state index contributed by atoms with van der Waals surface area (Å²) in [5, 5.41) is 10.8. The zero-order valence-corrected chi connectivity index (χ0v) is 21.9. The fraction of sp³-hybridized carbons (Fsp3) is 0.867. The van der Waals surface area contributed by atoms with Crippen molar-refractivity contribution in [3.63, 3.8) is 0 Å². The molecule has 1 N–H and O–H groups in total. The summed E-state index contributed by atoms with van der Waals surface area (Å²) in [5.74, 6) is 2.32. The summed E-state index contributed by atoms with van der Waals surface area (Å²) in [7, 11) is 0. The van der Waals surface area contributed by atoms with Crippen LogP contribution in [-0.2, 0) is 0 Å². The average Bonchev–Trinajstić information content (AvgIpc) is 2.96. The molecular formula is C30H50O. The van der Waals surface area contributed by atoms with Gasteiger partial charge in [0.2, 0.25) is 0 Å². The molecule has 0 unspecified atom stereocenters. The summed E-state index contributed by atoms with van der Waals surface area (Å²) in [6.45, 7) is 19.6. The maximum Gasteiger partial charge on any atom is 0.0594 e. The summed E-state index contributed by atoms with van der Waals surface area (Å²) >= 11 is 0. The number of fused-ring (bicyclic) bond motifs is 4. The van der Waals surface area contributed by atoms with Crippen molar-refractivity contribution in [3.8, 4) is 0 Å². The minimum atomic E-state index is -0.130. The highest BCUT2D eigenvalue weighted by molar-refractivity contribution is 5.38. The van der Waals surface area contributed by atoms with E-state index in [2.05, 4.69) is 61.5 Å². The van der Waals surface area contributed by atoms with Crippen LogP contribution >= 0.6 is 0 Å². The third kappa shape index (κ3) is 3.34. The normalized spacial score (nSPS) is 44.9. The smallest absolute Gasteiger partial charge is 0.0594 e. The number of aliphatic hydroxyl groups excluding tert-OH is 1. The van der Waals surface area contributed by atoms with E-state index in [-0.39, 0.29) is 11.5 Å². The Morgan fingerprint density at radius 2 is 1.68 bits per heavy atom. The topological polar surface area (TPSA) is 20.2 Å². The first-order valence-electron chi connectivity index (χ1n) is 13.4. The molecule has 0 amide bonds. The molecule has 31 heavy (non-hydrogen) atoms. The first-order valence-corrected chi connectivity index (χ1v) is 13.4. The van der Waals surface area contributed by atoms with E-state index in [0.717, 1.165) is 18.3 Å². The molecule has 2 fully saturated rings. The second-order valence-corrected chi connectivity index (χ2v) is 13.6. The van der Waals surface area contributed by atoms with Crippen molar-refractivity contribution < 1.29 is 5.11 Å². The van der Waals surface area contributed by atoms with Gasteiger partial charge in [-0.3, -0.25) is 0 Å². The van der Waals surface area contributed by atoms with Gasteiger partial charge in [-0.2, -0.15) is 0 Å². The Morgan fingerprint density at radius 3 is 2.35 bits per heavy atom. The summed E-state index contributed by atoms with van der Waals surface area (Å²) in [6, 6.07) is 0. The van der Waals surface area contributed by atoms with Crippen LogP contribution in [0.4, 0.5) is 0 Å². The first kappa shape index (κ1) is 23.6. The molecule has 0 aromatic heterocycles. The van der Waals surface area contributed by atoms with E-state index in [1.807, 2.05) is 11.1 Å². The van der Waals surface area contributed by atoms with E-state index in [1.165, 1.54) is 63.4 Å². The number of rotatable bonds is 4. The van der Waals surface area contributed by atoms with Crippen molar-refractivity contribution in [2.45, 2.75) is 126 Å². The van der Waals surface area contributed by atoms with Gasteiger partial charge in [-0.1, -0.05) is 64.3 Å². The molecule has 0 bridgehead atoms. The van der Waals surface area contributed by atoms with Crippen LogP contribution in [0.2, 0.25) is 0 Å². The Labute approximate surface area is 193 Å². The van der Waals surface area contributed by atoms with E-state index in [1.54, 1.807) is 0 Å². The second-order valence-electron chi connectivity index (χ2n) is 13.6. The van der Waals surface area contributed by atoms with Crippen LogP contribution in [0.1, 0.15) is 120 Å². The lowest BCUT2D eigenvalue weighted by Gasteiger charge is -2.62. The quantitative estimate of drug-likeness (QED) is 0.447. The molecule has 4 rings (SSSR count). The standard InChI is InChI=1S/C30H50O/c1-20(2)10-9-11-21(3)22-14-18-30(8)24-12-13-25-27(4,5)26(31)16-17-28(25,6)23(24)15-19-29(22,30)7/h10,21-22,25-26,31H,9,11-19H2,1-8H3/t21-,22+,25-,26-,28-,29-,30+/m1/s1. The Bertz CT molecular complexity index is 767. The van der Waals surface area contributed by atoms with Crippen LogP contribution in [0.5, 0.6) is 0 Å². The van der Waals surface area contributed by atoms with Gasteiger partial charge in [0.15, 0.2) is 0 Å². The molecule has 1 heteroatoms. The summed E-state index contributed by atoms with van der Waals surface area (Å²) in [5.41, 5.74) is 6.41. The van der Waals surface area contributed by atoms with Crippen LogP contribution in [0.25, 0.3) is 0 Å². The summed E-state index contributed by atoms with van der Waals surface area (Å²) in [4.78, 5) is 0. The van der Waals surface area contributed by atoms with Crippen molar-refractivity contribution >= 4 is 0 Å². The molecule has 0 spiro atoms. The van der Waals surface area contributed by atoms with Crippen molar-refractivity contribution in [1.82, 2.24) is 0 Å². The molecule has 176 valence electrons.